The van der Waals surface area contributed by atoms with Gasteiger partial charge in [0.1, 0.15) is 0 Å². The predicted octanol–water partition coefficient (Wildman–Crippen LogP) is 1.84. The lowest BCUT2D eigenvalue weighted by atomic mass is 10.0. The molecule has 0 bridgehead atoms. The highest BCUT2D eigenvalue weighted by molar-refractivity contribution is 5.50. The van der Waals surface area contributed by atoms with E-state index in [1.807, 2.05) is 18.7 Å². The minimum atomic E-state index is -0.660. The van der Waals surface area contributed by atoms with Crippen LogP contribution in [-0.2, 0) is 0 Å². The Morgan fingerprint density at radius 2 is 1.80 bits per heavy atom. The summed E-state index contributed by atoms with van der Waals surface area (Å²) in [5, 5.41) is 21.7. The van der Waals surface area contributed by atoms with Gasteiger partial charge in [0.15, 0.2) is 0 Å². The molecule has 0 aliphatic carbocycles. The number of rotatable bonds is 7. The monoisotopic (exact) mass is 282 g/mol. The molecule has 0 aromatic heterocycles. The van der Waals surface area contributed by atoms with Gasteiger partial charge >= 0.3 is 0 Å². The summed E-state index contributed by atoms with van der Waals surface area (Å²) in [4.78, 5) is 22.5. The van der Waals surface area contributed by atoms with Crippen LogP contribution in [0.25, 0.3) is 0 Å². The average Bonchev–Trinajstić information content (AvgIpc) is 2.43. The summed E-state index contributed by atoms with van der Waals surface area (Å²) >= 11 is 0. The Bertz CT molecular complexity index is 502. The molecule has 0 aliphatic rings. The highest BCUT2D eigenvalue weighted by Crippen LogP contribution is 2.28. The first-order valence-corrected chi connectivity index (χ1v) is 6.31. The van der Waals surface area contributed by atoms with E-state index in [4.69, 9.17) is 5.73 Å². The highest BCUT2D eigenvalue weighted by Gasteiger charge is 2.24. The fourth-order valence-corrected chi connectivity index (χ4v) is 1.98. The standard InChI is InChI=1S/C12H18N4O4/c1-3-14(4-2)8-11(13)10-6-5-9(15(17)18)7-12(10)16(19)20/h5-7,11H,3-4,8,13H2,1-2H3. The summed E-state index contributed by atoms with van der Waals surface area (Å²) in [7, 11) is 0. The molecule has 0 saturated carbocycles. The van der Waals surface area contributed by atoms with Crippen LogP contribution in [0.3, 0.4) is 0 Å². The number of nitro groups is 2. The molecule has 110 valence electrons. The average molecular weight is 282 g/mol. The Morgan fingerprint density at radius 1 is 1.20 bits per heavy atom. The third-order valence-corrected chi connectivity index (χ3v) is 3.17. The van der Waals surface area contributed by atoms with E-state index in [-0.39, 0.29) is 11.4 Å². The Labute approximate surface area is 116 Å². The van der Waals surface area contributed by atoms with Gasteiger partial charge in [0.25, 0.3) is 11.4 Å². The predicted molar refractivity (Wildman–Crippen MR) is 74.5 cm³/mol. The van der Waals surface area contributed by atoms with E-state index in [9.17, 15) is 20.2 Å². The lowest BCUT2D eigenvalue weighted by Gasteiger charge is -2.22. The number of nitro benzene ring substituents is 2. The normalized spacial score (nSPS) is 12.4. The lowest BCUT2D eigenvalue weighted by molar-refractivity contribution is -0.394. The molecular formula is C12H18N4O4. The zero-order valence-electron chi connectivity index (χ0n) is 11.5. The second-order valence-corrected chi connectivity index (χ2v) is 4.35. The van der Waals surface area contributed by atoms with Crippen molar-refractivity contribution in [3.05, 3.63) is 44.0 Å². The summed E-state index contributed by atoms with van der Waals surface area (Å²) in [6, 6.07) is 3.00. The van der Waals surface area contributed by atoms with Crippen LogP contribution in [0.15, 0.2) is 18.2 Å². The molecule has 8 heteroatoms. The van der Waals surface area contributed by atoms with Crippen LogP contribution in [0, 0.1) is 20.2 Å². The van der Waals surface area contributed by atoms with Gasteiger partial charge in [-0.2, -0.15) is 0 Å². The van der Waals surface area contributed by atoms with E-state index in [1.54, 1.807) is 0 Å². The van der Waals surface area contributed by atoms with E-state index >= 15 is 0 Å². The molecule has 1 unspecified atom stereocenters. The van der Waals surface area contributed by atoms with Crippen LogP contribution in [0.1, 0.15) is 25.5 Å². The van der Waals surface area contributed by atoms with Crippen molar-refractivity contribution >= 4 is 11.4 Å². The van der Waals surface area contributed by atoms with Crippen molar-refractivity contribution in [2.75, 3.05) is 19.6 Å². The molecule has 0 fully saturated rings. The molecule has 0 spiro atoms. The van der Waals surface area contributed by atoms with Gasteiger partial charge in [0.2, 0.25) is 0 Å². The maximum absolute atomic E-state index is 11.0. The van der Waals surface area contributed by atoms with Crippen molar-refractivity contribution in [1.29, 1.82) is 0 Å². The van der Waals surface area contributed by atoms with E-state index in [0.717, 1.165) is 19.2 Å². The van der Waals surface area contributed by atoms with Crippen LogP contribution in [-0.4, -0.2) is 34.4 Å². The molecular weight excluding hydrogens is 264 g/mol. The third-order valence-electron chi connectivity index (χ3n) is 3.17. The van der Waals surface area contributed by atoms with E-state index in [2.05, 4.69) is 0 Å². The molecule has 1 aromatic rings. The van der Waals surface area contributed by atoms with Crippen molar-refractivity contribution in [2.24, 2.45) is 5.73 Å². The second kappa shape index (κ2) is 6.92. The van der Waals surface area contributed by atoms with Gasteiger partial charge < -0.3 is 10.6 Å². The molecule has 1 rings (SSSR count). The SMILES string of the molecule is CCN(CC)CC(N)c1ccc([N+](=O)[O-])cc1[N+](=O)[O-]. The van der Waals surface area contributed by atoms with Gasteiger partial charge in [-0.1, -0.05) is 13.8 Å². The van der Waals surface area contributed by atoms with Crippen LogP contribution in [0.5, 0.6) is 0 Å². The molecule has 0 aliphatic heterocycles. The van der Waals surface area contributed by atoms with Crippen molar-refractivity contribution in [3.8, 4) is 0 Å². The Morgan fingerprint density at radius 3 is 2.25 bits per heavy atom. The quantitative estimate of drug-likeness (QED) is 0.602. The molecule has 0 amide bonds. The fourth-order valence-electron chi connectivity index (χ4n) is 1.98. The summed E-state index contributed by atoms with van der Waals surface area (Å²) in [6.07, 6.45) is 0. The first kappa shape index (κ1) is 16.0. The second-order valence-electron chi connectivity index (χ2n) is 4.35. The van der Waals surface area contributed by atoms with Gasteiger partial charge in [-0.3, -0.25) is 20.2 Å². The number of hydrogen-bond donors (Lipinski definition) is 1. The van der Waals surface area contributed by atoms with Crippen LogP contribution in [0.2, 0.25) is 0 Å². The summed E-state index contributed by atoms with van der Waals surface area (Å²) in [5.74, 6) is 0. The molecule has 0 heterocycles. The van der Waals surface area contributed by atoms with Crippen LogP contribution < -0.4 is 5.73 Å². The van der Waals surface area contributed by atoms with Crippen LogP contribution in [0.4, 0.5) is 11.4 Å². The van der Waals surface area contributed by atoms with E-state index in [0.29, 0.717) is 12.1 Å². The highest BCUT2D eigenvalue weighted by atomic mass is 16.6. The number of nitrogens with zero attached hydrogens (tertiary/aromatic N) is 3. The minimum Gasteiger partial charge on any atom is -0.323 e. The van der Waals surface area contributed by atoms with Crippen molar-refractivity contribution in [3.63, 3.8) is 0 Å². The number of nitrogens with two attached hydrogens (primary N) is 1. The summed E-state index contributed by atoms with van der Waals surface area (Å²) < 4.78 is 0. The summed E-state index contributed by atoms with van der Waals surface area (Å²) in [6.45, 7) is 5.97. The topological polar surface area (TPSA) is 116 Å². The first-order valence-electron chi connectivity index (χ1n) is 6.31. The largest absolute Gasteiger partial charge is 0.323 e. The number of non-ortho nitro benzene ring substituents is 1. The molecule has 1 atom stereocenters. The zero-order valence-corrected chi connectivity index (χ0v) is 11.5. The maximum Gasteiger partial charge on any atom is 0.281 e. The van der Waals surface area contributed by atoms with Gasteiger partial charge in [-0.05, 0) is 19.2 Å². The van der Waals surface area contributed by atoms with Gasteiger partial charge in [-0.15, -0.1) is 0 Å². The third kappa shape index (κ3) is 3.72. The molecule has 2 N–H and O–H groups in total. The molecule has 1 aromatic carbocycles. The first-order chi connectivity index (χ1) is 9.40. The maximum atomic E-state index is 11.0. The Kier molecular flexibility index (Phi) is 5.53. The van der Waals surface area contributed by atoms with Crippen molar-refractivity contribution < 1.29 is 9.85 Å². The van der Waals surface area contributed by atoms with Crippen molar-refractivity contribution in [1.82, 2.24) is 4.90 Å². The number of benzene rings is 1. The van der Waals surface area contributed by atoms with Gasteiger partial charge in [-0.25, -0.2) is 0 Å². The molecule has 8 nitrogen and oxygen atoms in total. The fraction of sp³-hybridized carbons (Fsp3) is 0.500. The molecule has 20 heavy (non-hydrogen) atoms. The smallest absolute Gasteiger partial charge is 0.281 e. The zero-order chi connectivity index (χ0) is 15.3. The molecule has 0 radical (unpaired) electrons. The van der Waals surface area contributed by atoms with Gasteiger partial charge in [0, 0.05) is 24.2 Å². The van der Waals surface area contributed by atoms with Crippen molar-refractivity contribution in [2.45, 2.75) is 19.9 Å². The van der Waals surface area contributed by atoms with Gasteiger partial charge in [0.05, 0.1) is 15.9 Å². The van der Waals surface area contributed by atoms with Crippen LogP contribution >= 0.6 is 0 Å². The lowest BCUT2D eigenvalue weighted by Crippen LogP contribution is -2.32. The summed E-state index contributed by atoms with van der Waals surface area (Å²) in [5.41, 5.74) is 5.69. The number of likely N-dealkylation sites (N-methyl/N-ethyl adjacent to an activating group) is 1. The minimum absolute atomic E-state index is 0.307. The van der Waals surface area contributed by atoms with E-state index < -0.39 is 15.9 Å². The Balaban J connectivity index is 3.10. The Hall–Kier alpha value is -2.06. The van der Waals surface area contributed by atoms with E-state index in [1.165, 1.54) is 12.1 Å². The molecule has 0 saturated heterocycles. The number of hydrogen-bond acceptors (Lipinski definition) is 6.